The summed E-state index contributed by atoms with van der Waals surface area (Å²) in [5, 5.41) is 22.1. The number of carbonyl (C=O) groups is 2. The van der Waals surface area contributed by atoms with Gasteiger partial charge in [0.05, 0.1) is 22.9 Å². The van der Waals surface area contributed by atoms with Gasteiger partial charge in [-0.1, -0.05) is 62.7 Å². The third kappa shape index (κ3) is 8.11. The third-order valence-electron chi connectivity index (χ3n) is 8.63. The van der Waals surface area contributed by atoms with Crippen LogP contribution in [0.25, 0.3) is 11.1 Å². The number of hydrazone groups is 1. The molecule has 0 radical (unpaired) electrons. The van der Waals surface area contributed by atoms with Crippen molar-refractivity contribution >= 4 is 47.8 Å². The van der Waals surface area contributed by atoms with E-state index in [0.717, 1.165) is 11.9 Å². The zero-order valence-corrected chi connectivity index (χ0v) is 29.6. The molecule has 12 nitrogen and oxygen atoms in total. The lowest BCUT2D eigenvalue weighted by atomic mass is 9.75. The molecular formula is C34H36ClF6N9O3. The van der Waals surface area contributed by atoms with Gasteiger partial charge in [-0.15, -0.1) is 0 Å². The minimum Gasteiger partial charge on any atom is -0.447 e. The molecule has 1 saturated heterocycles. The van der Waals surface area contributed by atoms with E-state index in [1.54, 1.807) is 24.3 Å². The summed E-state index contributed by atoms with van der Waals surface area (Å²) >= 11 is 6.41. The molecule has 3 N–H and O–H groups in total. The normalized spacial score (nSPS) is 20.4. The highest BCUT2D eigenvalue weighted by molar-refractivity contribution is 6.34. The van der Waals surface area contributed by atoms with E-state index in [2.05, 4.69) is 32.5 Å². The van der Waals surface area contributed by atoms with Crippen molar-refractivity contribution in [3.8, 4) is 11.1 Å². The Kier molecular flexibility index (Phi) is 10.9. The van der Waals surface area contributed by atoms with Crippen LogP contribution in [0.2, 0.25) is 5.02 Å². The van der Waals surface area contributed by atoms with E-state index < -0.39 is 78.8 Å². The summed E-state index contributed by atoms with van der Waals surface area (Å²) in [7, 11) is 1.11. The van der Waals surface area contributed by atoms with Crippen molar-refractivity contribution in [1.29, 1.82) is 5.41 Å². The van der Waals surface area contributed by atoms with Gasteiger partial charge in [0, 0.05) is 31.9 Å². The van der Waals surface area contributed by atoms with E-state index in [-0.39, 0.29) is 22.7 Å². The second-order valence-electron chi connectivity index (χ2n) is 13.7. The van der Waals surface area contributed by atoms with Crippen LogP contribution in [0.4, 0.5) is 36.8 Å². The molecule has 0 bridgehead atoms. The molecule has 2 aromatic carbocycles. The molecule has 2 amide bonds. The molecule has 1 aliphatic heterocycles. The predicted molar refractivity (Wildman–Crippen MR) is 186 cm³/mol. The molecule has 0 spiro atoms. The molecule has 1 aliphatic carbocycles. The van der Waals surface area contributed by atoms with Gasteiger partial charge in [0.2, 0.25) is 0 Å². The molecular weight excluding hydrogens is 732 g/mol. The van der Waals surface area contributed by atoms with Crippen LogP contribution < -0.4 is 15.6 Å². The Morgan fingerprint density at radius 2 is 1.85 bits per heavy atom. The Hall–Kier alpha value is -5.13. The quantitative estimate of drug-likeness (QED) is 0.0772. The largest absolute Gasteiger partial charge is 0.447 e. The Labute approximate surface area is 305 Å². The van der Waals surface area contributed by atoms with E-state index in [9.17, 15) is 35.9 Å². The Morgan fingerprint density at radius 3 is 2.38 bits per heavy atom. The summed E-state index contributed by atoms with van der Waals surface area (Å²) in [5.41, 5.74) is -0.829. The molecule has 3 atom stereocenters. The number of nitrogens with one attached hydrogen (secondary N) is 3. The highest BCUT2D eigenvalue weighted by atomic mass is 35.5. The summed E-state index contributed by atoms with van der Waals surface area (Å²) < 4.78 is 87.1. The number of carbonyl (C=O) groups excluding carboxylic acids is 2. The first-order valence-electron chi connectivity index (χ1n) is 16.1. The van der Waals surface area contributed by atoms with Crippen molar-refractivity contribution in [3.05, 3.63) is 71.0 Å². The maximum Gasteiger partial charge on any atom is 0.407 e. The molecule has 0 unspecified atom stereocenters. The van der Waals surface area contributed by atoms with Gasteiger partial charge in [0.25, 0.3) is 18.3 Å². The fourth-order valence-corrected chi connectivity index (χ4v) is 6.36. The van der Waals surface area contributed by atoms with Crippen molar-refractivity contribution in [1.82, 2.24) is 25.3 Å². The number of amidine groups is 1. The van der Waals surface area contributed by atoms with Crippen molar-refractivity contribution in [2.45, 2.75) is 70.1 Å². The maximum absolute atomic E-state index is 14.9. The summed E-state index contributed by atoms with van der Waals surface area (Å²) in [6.45, 7) is 5.46. The molecule has 1 aromatic heterocycles. The van der Waals surface area contributed by atoms with Crippen LogP contribution in [0.15, 0.2) is 65.0 Å². The first-order valence-corrected chi connectivity index (χ1v) is 16.5. The van der Waals surface area contributed by atoms with Crippen LogP contribution in [0.3, 0.4) is 0 Å². The zero-order valence-electron chi connectivity index (χ0n) is 28.9. The number of benzene rings is 2. The Balaban J connectivity index is 1.57. The molecule has 2 aliphatic rings. The van der Waals surface area contributed by atoms with E-state index in [0.29, 0.717) is 26.4 Å². The summed E-state index contributed by atoms with van der Waals surface area (Å²) in [4.78, 5) is 32.1. The number of anilines is 1. The number of aliphatic imine (C=N–C) groups is 1. The SMILES string of the molecule is C=NN(/C(=N\C)C(F)F)c1cc([C@@H](COC(=O)N[C@@H]2CC2(F)F)N2C(=N)N[C@](CC(C)(C)C)(c3ccc(-c4cnn(C(F)F)c4)cc3)C2=O)ccc1Cl. The van der Waals surface area contributed by atoms with Crippen LogP contribution in [0.5, 0.6) is 0 Å². The first kappa shape index (κ1) is 39.1. The minimum absolute atomic E-state index is 0.0708. The number of guanidine groups is 1. The molecule has 2 heterocycles. The van der Waals surface area contributed by atoms with Gasteiger partial charge in [-0.05, 0) is 40.7 Å². The van der Waals surface area contributed by atoms with Gasteiger partial charge < -0.3 is 15.4 Å². The van der Waals surface area contributed by atoms with Crippen LogP contribution in [-0.4, -0.2) is 77.2 Å². The fourth-order valence-electron chi connectivity index (χ4n) is 6.16. The van der Waals surface area contributed by atoms with E-state index >= 15 is 0 Å². The van der Waals surface area contributed by atoms with Gasteiger partial charge >= 0.3 is 12.6 Å². The van der Waals surface area contributed by atoms with Gasteiger partial charge in [-0.2, -0.15) is 19.0 Å². The number of alkyl halides is 6. The second kappa shape index (κ2) is 14.7. The van der Waals surface area contributed by atoms with Gasteiger partial charge in [-0.3, -0.25) is 20.1 Å². The lowest BCUT2D eigenvalue weighted by Crippen LogP contribution is -2.47. The van der Waals surface area contributed by atoms with Crippen molar-refractivity contribution in [2.24, 2.45) is 15.5 Å². The average Bonchev–Trinajstić information content (AvgIpc) is 3.36. The first-order chi connectivity index (χ1) is 24.8. The molecule has 1 saturated carbocycles. The predicted octanol–water partition coefficient (Wildman–Crippen LogP) is 7.19. The average molecular weight is 768 g/mol. The van der Waals surface area contributed by atoms with Crippen molar-refractivity contribution in [3.63, 3.8) is 0 Å². The lowest BCUT2D eigenvalue weighted by molar-refractivity contribution is -0.134. The number of halogens is 7. The summed E-state index contributed by atoms with van der Waals surface area (Å²) in [6, 6.07) is 7.69. The van der Waals surface area contributed by atoms with Gasteiger partial charge in [-0.25, -0.2) is 32.0 Å². The molecule has 2 fully saturated rings. The van der Waals surface area contributed by atoms with Crippen LogP contribution in [0, 0.1) is 10.8 Å². The fraction of sp³-hybridized carbons (Fsp3) is 0.412. The molecule has 5 rings (SSSR count). The van der Waals surface area contributed by atoms with Crippen molar-refractivity contribution in [2.75, 3.05) is 18.7 Å². The highest BCUT2D eigenvalue weighted by Gasteiger charge is 2.58. The standard InChI is InChI=1S/C34H36ClF6N9O3/c1-32(2,3)17-33(21-9-6-18(7-10-21)20-14-45-48(15-20)29(38)39)28(51)49(30(42)47-33)24(16-53-31(52)46-25-13-34(25,40)41)19-8-11-22(35)23(12-19)50(44-5)27(43-4)26(36)37/h6-12,14-15,24-26,29H,5,13,16-17H2,1-4H3,(H2,42,47)(H,46,52)/b43-27-/t24-,25-,33-/m1/s1. The number of amides is 2. The van der Waals surface area contributed by atoms with E-state index in [1.165, 1.54) is 30.6 Å². The number of hydrogen-bond acceptors (Lipinski definition) is 7. The number of aromatic nitrogens is 2. The van der Waals surface area contributed by atoms with Gasteiger partial charge in [0.1, 0.15) is 18.2 Å². The van der Waals surface area contributed by atoms with Crippen LogP contribution in [0.1, 0.15) is 57.3 Å². The number of nitrogens with zero attached hydrogens (tertiary/aromatic N) is 6. The molecule has 284 valence electrons. The Bertz CT molecular complexity index is 1920. The van der Waals surface area contributed by atoms with Crippen molar-refractivity contribution < 1.29 is 40.7 Å². The topological polar surface area (TPSA) is 140 Å². The zero-order chi connectivity index (χ0) is 39.0. The highest BCUT2D eigenvalue weighted by Crippen LogP contribution is 2.44. The smallest absolute Gasteiger partial charge is 0.407 e. The molecule has 19 heteroatoms. The van der Waals surface area contributed by atoms with Crippen LogP contribution in [-0.2, 0) is 15.1 Å². The summed E-state index contributed by atoms with van der Waals surface area (Å²) in [5.74, 6) is -5.01. The van der Waals surface area contributed by atoms with E-state index in [4.69, 9.17) is 21.7 Å². The second-order valence-corrected chi connectivity index (χ2v) is 14.1. The maximum atomic E-state index is 14.9. The molecule has 53 heavy (non-hydrogen) atoms. The van der Waals surface area contributed by atoms with Crippen LogP contribution >= 0.6 is 11.6 Å². The number of hydrogen-bond donors (Lipinski definition) is 3. The summed E-state index contributed by atoms with van der Waals surface area (Å²) in [6.07, 6.45) is -2.33. The monoisotopic (exact) mass is 767 g/mol. The number of ether oxygens (including phenoxy) is 1. The third-order valence-corrected chi connectivity index (χ3v) is 8.95. The Morgan fingerprint density at radius 1 is 1.19 bits per heavy atom. The number of rotatable bonds is 12. The van der Waals surface area contributed by atoms with E-state index in [1.807, 2.05) is 20.8 Å². The number of alkyl carbamates (subject to hydrolysis) is 1. The molecule has 3 aromatic rings. The minimum atomic E-state index is -3.10. The van der Waals surface area contributed by atoms with Gasteiger partial charge in [0.15, 0.2) is 11.8 Å². The lowest BCUT2D eigenvalue weighted by Gasteiger charge is -2.35.